The smallest absolute Gasteiger partial charge is 0.241 e. The van der Waals surface area contributed by atoms with Gasteiger partial charge < -0.3 is 9.47 Å². The van der Waals surface area contributed by atoms with Crippen LogP contribution in [-0.2, 0) is 16.4 Å². The van der Waals surface area contributed by atoms with Gasteiger partial charge in [-0.2, -0.15) is 0 Å². The van der Waals surface area contributed by atoms with E-state index < -0.39 is 15.6 Å². The lowest BCUT2D eigenvalue weighted by Gasteiger charge is -2.20. The summed E-state index contributed by atoms with van der Waals surface area (Å²) in [7, 11) is -0.440. The molecule has 1 N–H and O–H groups in total. The molecule has 0 saturated heterocycles. The number of benzene rings is 2. The third-order valence-corrected chi connectivity index (χ3v) is 7.73. The number of sulfonamides is 1. The normalized spacial score (nSPS) is 12.1. The van der Waals surface area contributed by atoms with Gasteiger partial charge in [0.15, 0.2) is 11.5 Å². The lowest BCUT2D eigenvalue weighted by atomic mass is 10.1. The highest BCUT2D eigenvalue weighted by molar-refractivity contribution is 7.89. The molecule has 0 aliphatic rings. The highest BCUT2D eigenvalue weighted by atomic mass is 32.2. The molecular weight excluding hydrogens is 470 g/mol. The average Bonchev–Trinajstić information content (AvgIpc) is 3.21. The molecule has 34 heavy (non-hydrogen) atoms. The van der Waals surface area contributed by atoms with Crippen LogP contribution in [0.15, 0.2) is 58.9 Å². The van der Waals surface area contributed by atoms with Crippen molar-refractivity contribution in [1.82, 2.24) is 14.7 Å². The molecule has 2 heterocycles. The number of ether oxygens (including phenoxy) is 2. The second-order valence-electron chi connectivity index (χ2n) is 8.90. The molecule has 0 aliphatic heterocycles. The fourth-order valence-electron chi connectivity index (χ4n) is 3.62. The number of aromatic nitrogens is 2. The zero-order chi connectivity index (χ0) is 24.5. The first kappa shape index (κ1) is 24.1. The number of rotatable bonds is 7. The summed E-state index contributed by atoms with van der Waals surface area (Å²) < 4.78 is 40.0. The quantitative estimate of drug-likeness (QED) is 0.385. The first-order valence-electron chi connectivity index (χ1n) is 10.7. The molecule has 9 heteroatoms. The highest BCUT2D eigenvalue weighted by Crippen LogP contribution is 2.34. The van der Waals surface area contributed by atoms with Crippen LogP contribution in [0.3, 0.4) is 0 Å². The minimum absolute atomic E-state index is 0.221. The monoisotopic (exact) mass is 497 g/mol. The second-order valence-corrected chi connectivity index (χ2v) is 11.5. The van der Waals surface area contributed by atoms with E-state index in [4.69, 9.17) is 14.5 Å². The number of thiophene rings is 1. The van der Waals surface area contributed by atoms with Crippen LogP contribution in [-0.4, -0.2) is 38.1 Å². The molecule has 7 nitrogen and oxygen atoms in total. The lowest BCUT2D eigenvalue weighted by molar-refractivity contribution is 0.354. The summed E-state index contributed by atoms with van der Waals surface area (Å²) in [5, 5.41) is 1.99. The van der Waals surface area contributed by atoms with Crippen LogP contribution in [0.4, 0.5) is 0 Å². The summed E-state index contributed by atoms with van der Waals surface area (Å²) >= 11 is 1.53. The number of nitrogens with one attached hydrogen (secondary N) is 1. The van der Waals surface area contributed by atoms with Gasteiger partial charge in [-0.25, -0.2) is 23.1 Å². The Morgan fingerprint density at radius 1 is 1.03 bits per heavy atom. The maximum absolute atomic E-state index is 12.8. The van der Waals surface area contributed by atoms with Gasteiger partial charge in [0.05, 0.1) is 29.3 Å². The van der Waals surface area contributed by atoms with Crippen molar-refractivity contribution in [2.24, 2.45) is 0 Å². The minimum atomic E-state index is -3.65. The van der Waals surface area contributed by atoms with E-state index in [-0.39, 0.29) is 4.90 Å². The minimum Gasteiger partial charge on any atom is -0.493 e. The van der Waals surface area contributed by atoms with Gasteiger partial charge in [0.1, 0.15) is 5.82 Å². The van der Waals surface area contributed by atoms with Crippen molar-refractivity contribution in [3.05, 3.63) is 65.4 Å². The first-order valence-corrected chi connectivity index (χ1v) is 13.0. The van der Waals surface area contributed by atoms with E-state index in [2.05, 4.69) is 9.71 Å². The van der Waals surface area contributed by atoms with Gasteiger partial charge in [0.2, 0.25) is 10.0 Å². The van der Waals surface area contributed by atoms with Gasteiger partial charge in [-0.05, 0) is 56.2 Å². The van der Waals surface area contributed by atoms with Crippen LogP contribution in [0, 0.1) is 0 Å². The van der Waals surface area contributed by atoms with E-state index in [1.165, 1.54) is 11.3 Å². The number of methoxy groups -OCH3 is 2. The highest BCUT2D eigenvalue weighted by Gasteiger charge is 2.22. The Morgan fingerprint density at radius 2 is 1.79 bits per heavy atom. The van der Waals surface area contributed by atoms with Crippen molar-refractivity contribution in [3.8, 4) is 22.6 Å². The molecule has 0 radical (unpaired) electrons. The molecule has 4 aromatic rings. The maximum atomic E-state index is 12.8. The zero-order valence-electron chi connectivity index (χ0n) is 19.7. The summed E-state index contributed by atoms with van der Waals surface area (Å²) in [5.41, 5.74) is 2.89. The average molecular weight is 498 g/mol. The van der Waals surface area contributed by atoms with Gasteiger partial charge in [-0.3, -0.25) is 0 Å². The molecule has 2 aromatic heterocycles. The molecule has 0 amide bonds. The predicted octanol–water partition coefficient (Wildman–Crippen LogP) is 5.04. The molecule has 0 bridgehead atoms. The summed E-state index contributed by atoms with van der Waals surface area (Å²) in [6.07, 6.45) is 2.34. The van der Waals surface area contributed by atoms with Crippen molar-refractivity contribution in [2.75, 3.05) is 14.2 Å². The number of nitrogens with zero attached hydrogens (tertiary/aromatic N) is 2. The van der Waals surface area contributed by atoms with E-state index in [0.29, 0.717) is 23.7 Å². The van der Waals surface area contributed by atoms with Crippen LogP contribution in [0.25, 0.3) is 21.3 Å². The van der Waals surface area contributed by atoms with E-state index in [1.807, 2.05) is 56.6 Å². The Labute approximate surface area is 203 Å². The fraction of sp³-hybridized carbons (Fsp3) is 0.280. The fourth-order valence-corrected chi connectivity index (χ4v) is 5.96. The van der Waals surface area contributed by atoms with Gasteiger partial charge in [-0.1, -0.05) is 18.2 Å². The summed E-state index contributed by atoms with van der Waals surface area (Å²) in [6, 6.07) is 12.7. The second kappa shape index (κ2) is 9.32. The third-order valence-electron chi connectivity index (χ3n) is 5.07. The molecule has 4 rings (SSSR count). The van der Waals surface area contributed by atoms with E-state index in [0.717, 1.165) is 26.9 Å². The van der Waals surface area contributed by atoms with Crippen LogP contribution < -0.4 is 14.2 Å². The SMILES string of the molecule is COc1ccc(Cc2ncc3scc(-c4cccc(S(=O)(=O)NC(C)(C)C)c4)c3n2)cc1OC. The van der Waals surface area contributed by atoms with Gasteiger partial charge in [-0.15, -0.1) is 11.3 Å². The van der Waals surface area contributed by atoms with Crippen molar-refractivity contribution >= 4 is 31.6 Å². The summed E-state index contributed by atoms with van der Waals surface area (Å²) in [5.74, 6) is 1.98. The molecule has 0 atom stereocenters. The largest absolute Gasteiger partial charge is 0.493 e. The maximum Gasteiger partial charge on any atom is 0.241 e. The molecule has 2 aromatic carbocycles. The molecular formula is C25H27N3O4S2. The van der Waals surface area contributed by atoms with E-state index in [9.17, 15) is 8.42 Å². The van der Waals surface area contributed by atoms with Crippen molar-refractivity contribution < 1.29 is 17.9 Å². The number of fused-ring (bicyclic) bond motifs is 1. The Bertz CT molecular complexity index is 1440. The molecule has 0 unspecified atom stereocenters. The van der Waals surface area contributed by atoms with Crippen molar-refractivity contribution in [2.45, 2.75) is 37.6 Å². The van der Waals surface area contributed by atoms with Crippen LogP contribution in [0.1, 0.15) is 32.2 Å². The molecule has 178 valence electrons. The Kier molecular flexibility index (Phi) is 6.62. The molecule has 0 aliphatic carbocycles. The van der Waals surface area contributed by atoms with Crippen LogP contribution in [0.2, 0.25) is 0 Å². The van der Waals surface area contributed by atoms with Gasteiger partial charge >= 0.3 is 0 Å². The molecule has 0 spiro atoms. The van der Waals surface area contributed by atoms with Crippen LogP contribution >= 0.6 is 11.3 Å². The van der Waals surface area contributed by atoms with E-state index >= 15 is 0 Å². The van der Waals surface area contributed by atoms with E-state index in [1.54, 1.807) is 32.4 Å². The van der Waals surface area contributed by atoms with Crippen LogP contribution in [0.5, 0.6) is 11.5 Å². The topological polar surface area (TPSA) is 90.4 Å². The zero-order valence-corrected chi connectivity index (χ0v) is 21.4. The standard InChI is InChI=1S/C25H27N3O4S2/c1-25(2,3)28-34(29,30)18-8-6-7-17(13-18)19-15-33-22-14-26-23(27-24(19)22)12-16-9-10-20(31-4)21(11-16)32-5/h6-11,13-15,28H,12H2,1-5H3. The number of hydrogen-bond donors (Lipinski definition) is 1. The van der Waals surface area contributed by atoms with Gasteiger partial charge in [0.25, 0.3) is 0 Å². The third kappa shape index (κ3) is 5.22. The Morgan fingerprint density at radius 3 is 2.50 bits per heavy atom. The lowest BCUT2D eigenvalue weighted by Crippen LogP contribution is -2.40. The molecule has 0 fully saturated rings. The molecule has 0 saturated carbocycles. The van der Waals surface area contributed by atoms with Gasteiger partial charge in [0, 0.05) is 29.1 Å². The Hall–Kier alpha value is -3.01. The summed E-state index contributed by atoms with van der Waals surface area (Å²) in [4.78, 5) is 9.57. The van der Waals surface area contributed by atoms with Crippen molar-refractivity contribution in [3.63, 3.8) is 0 Å². The van der Waals surface area contributed by atoms with Crippen molar-refractivity contribution in [1.29, 1.82) is 0 Å². The predicted molar refractivity (Wildman–Crippen MR) is 135 cm³/mol. The first-order chi connectivity index (χ1) is 16.1. The number of hydrogen-bond acceptors (Lipinski definition) is 7. The summed E-state index contributed by atoms with van der Waals surface area (Å²) in [6.45, 7) is 5.45. The Balaban J connectivity index is 1.69.